The van der Waals surface area contributed by atoms with E-state index in [1.165, 1.54) is 0 Å². The molecule has 0 aliphatic heterocycles. The first-order chi connectivity index (χ1) is 7.57. The summed E-state index contributed by atoms with van der Waals surface area (Å²) < 4.78 is 16.9. The van der Waals surface area contributed by atoms with E-state index in [1.807, 2.05) is 13.8 Å². The highest BCUT2D eigenvalue weighted by Gasteiger charge is 2.22. The predicted molar refractivity (Wildman–Crippen MR) is 71.4 cm³/mol. The van der Waals surface area contributed by atoms with E-state index in [4.69, 9.17) is 14.2 Å². The lowest BCUT2D eigenvalue weighted by molar-refractivity contribution is -0.100. The lowest BCUT2D eigenvalue weighted by Crippen LogP contribution is -2.34. The van der Waals surface area contributed by atoms with Crippen molar-refractivity contribution in [3.63, 3.8) is 0 Å². The average molecular weight is 246 g/mol. The minimum atomic E-state index is -0.223. The van der Waals surface area contributed by atoms with Crippen LogP contribution in [0.3, 0.4) is 0 Å². The average Bonchev–Trinajstić information content (AvgIpc) is 2.21. The molecule has 0 aromatic rings. The van der Waals surface area contributed by atoms with Gasteiger partial charge in [0.25, 0.3) is 0 Å². The van der Waals surface area contributed by atoms with Crippen molar-refractivity contribution in [1.82, 2.24) is 0 Å². The lowest BCUT2D eigenvalue weighted by atomic mass is 10.1. The van der Waals surface area contributed by atoms with Crippen molar-refractivity contribution in [2.24, 2.45) is 5.92 Å². The van der Waals surface area contributed by atoms with Gasteiger partial charge in [0, 0.05) is 13.0 Å². The molecule has 2 atom stereocenters. The second-order valence-electron chi connectivity index (χ2n) is 6.38. The predicted octanol–water partition coefficient (Wildman–Crippen LogP) is 3.27. The third kappa shape index (κ3) is 8.58. The maximum Gasteiger partial charge on any atom is 0.0855 e. The molecular weight excluding hydrogens is 216 g/mol. The molecule has 17 heavy (non-hydrogen) atoms. The van der Waals surface area contributed by atoms with Crippen LogP contribution >= 0.6 is 0 Å². The van der Waals surface area contributed by atoms with E-state index in [2.05, 4.69) is 34.6 Å². The van der Waals surface area contributed by atoms with Crippen LogP contribution < -0.4 is 0 Å². The molecular formula is C14H30O3. The zero-order chi connectivity index (χ0) is 13.7. The van der Waals surface area contributed by atoms with Gasteiger partial charge in [-0.15, -0.1) is 0 Å². The Morgan fingerprint density at radius 2 is 1.53 bits per heavy atom. The summed E-state index contributed by atoms with van der Waals surface area (Å²) in [7, 11) is 1.71. The fourth-order valence-corrected chi connectivity index (χ4v) is 1.07. The Hall–Kier alpha value is -0.120. The zero-order valence-electron chi connectivity index (χ0n) is 12.8. The molecule has 0 aromatic heterocycles. The summed E-state index contributed by atoms with van der Waals surface area (Å²) in [6.45, 7) is 15.8. The molecule has 2 unspecified atom stereocenters. The normalized spacial score (nSPS) is 16.9. The summed E-state index contributed by atoms with van der Waals surface area (Å²) in [6.07, 6.45) is 0.173. The van der Waals surface area contributed by atoms with Crippen molar-refractivity contribution in [3.8, 4) is 0 Å². The Labute approximate surface area is 107 Å². The molecule has 3 heteroatoms. The van der Waals surface area contributed by atoms with Crippen molar-refractivity contribution in [1.29, 1.82) is 0 Å². The van der Waals surface area contributed by atoms with Gasteiger partial charge >= 0.3 is 0 Å². The minimum absolute atomic E-state index is 0.0836. The van der Waals surface area contributed by atoms with Gasteiger partial charge in [-0.1, -0.05) is 6.92 Å². The fourth-order valence-electron chi connectivity index (χ4n) is 1.07. The Balaban J connectivity index is 3.94. The molecule has 3 nitrogen and oxygen atoms in total. The van der Waals surface area contributed by atoms with Crippen molar-refractivity contribution in [2.45, 2.75) is 65.8 Å². The topological polar surface area (TPSA) is 27.7 Å². The molecule has 0 fully saturated rings. The Kier molecular flexibility index (Phi) is 6.67. The third-order valence-corrected chi connectivity index (χ3v) is 2.83. The van der Waals surface area contributed by atoms with Crippen LogP contribution in [-0.4, -0.2) is 37.6 Å². The maximum absolute atomic E-state index is 5.82. The Morgan fingerprint density at radius 3 is 1.94 bits per heavy atom. The molecule has 0 rings (SSSR count). The highest BCUT2D eigenvalue weighted by molar-refractivity contribution is 4.70. The van der Waals surface area contributed by atoms with Gasteiger partial charge in [-0.2, -0.15) is 0 Å². The minimum Gasteiger partial charge on any atom is -0.376 e. The Morgan fingerprint density at radius 1 is 1.00 bits per heavy atom. The van der Waals surface area contributed by atoms with Crippen LogP contribution in [0.1, 0.15) is 48.5 Å². The zero-order valence-corrected chi connectivity index (χ0v) is 12.8. The Bertz CT molecular complexity index is 206. The van der Waals surface area contributed by atoms with Gasteiger partial charge in [0.15, 0.2) is 0 Å². The summed E-state index contributed by atoms with van der Waals surface area (Å²) >= 11 is 0. The number of hydrogen-bond donors (Lipinski definition) is 0. The number of rotatable bonds is 7. The first kappa shape index (κ1) is 16.9. The van der Waals surface area contributed by atoms with Crippen molar-refractivity contribution in [3.05, 3.63) is 0 Å². The van der Waals surface area contributed by atoms with E-state index < -0.39 is 0 Å². The number of hydrogen-bond acceptors (Lipinski definition) is 3. The van der Waals surface area contributed by atoms with E-state index in [-0.39, 0.29) is 17.3 Å². The van der Waals surface area contributed by atoms with Crippen molar-refractivity contribution < 1.29 is 14.2 Å². The molecule has 0 aromatic carbocycles. The molecule has 0 amide bonds. The molecule has 0 heterocycles. The fraction of sp³-hybridized carbons (Fsp3) is 1.00. The van der Waals surface area contributed by atoms with E-state index in [0.717, 1.165) is 6.61 Å². The van der Waals surface area contributed by atoms with E-state index in [1.54, 1.807) is 7.11 Å². The summed E-state index contributed by atoms with van der Waals surface area (Å²) in [5.74, 6) is 0.377. The van der Waals surface area contributed by atoms with Crippen molar-refractivity contribution >= 4 is 0 Å². The number of methoxy groups -OCH3 is 1. The summed E-state index contributed by atoms with van der Waals surface area (Å²) in [5.41, 5.74) is -0.307. The van der Waals surface area contributed by atoms with Crippen LogP contribution in [-0.2, 0) is 14.2 Å². The monoisotopic (exact) mass is 246 g/mol. The quantitative estimate of drug-likeness (QED) is 0.690. The van der Waals surface area contributed by atoms with Gasteiger partial charge in [0.05, 0.1) is 30.5 Å². The summed E-state index contributed by atoms with van der Waals surface area (Å²) in [6, 6.07) is 0. The van der Waals surface area contributed by atoms with Crippen molar-refractivity contribution in [2.75, 3.05) is 20.3 Å². The maximum atomic E-state index is 5.82. The molecule has 0 bridgehead atoms. The summed E-state index contributed by atoms with van der Waals surface area (Å²) in [5, 5.41) is 0. The van der Waals surface area contributed by atoms with E-state index >= 15 is 0 Å². The molecule has 0 saturated carbocycles. The molecule has 104 valence electrons. The molecule has 0 aliphatic carbocycles. The van der Waals surface area contributed by atoms with Gasteiger partial charge in [0.2, 0.25) is 0 Å². The third-order valence-electron chi connectivity index (χ3n) is 2.83. The van der Waals surface area contributed by atoms with Gasteiger partial charge in [0.1, 0.15) is 0 Å². The molecule has 0 saturated heterocycles. The van der Waals surface area contributed by atoms with Crippen LogP contribution in [0.4, 0.5) is 0 Å². The SMILES string of the molecule is COC(C)(C)COC(C)C(C)COC(C)(C)C. The van der Waals surface area contributed by atoms with E-state index in [9.17, 15) is 0 Å². The van der Waals surface area contributed by atoms with Crippen LogP contribution in [0.2, 0.25) is 0 Å². The van der Waals surface area contributed by atoms with Gasteiger partial charge in [-0.05, 0) is 41.5 Å². The highest BCUT2D eigenvalue weighted by Crippen LogP contribution is 2.16. The first-order valence-corrected chi connectivity index (χ1v) is 6.38. The largest absolute Gasteiger partial charge is 0.376 e. The molecule has 0 radical (unpaired) electrons. The second-order valence-corrected chi connectivity index (χ2v) is 6.38. The number of ether oxygens (including phenoxy) is 3. The lowest BCUT2D eigenvalue weighted by Gasteiger charge is -2.29. The summed E-state index contributed by atoms with van der Waals surface area (Å²) in [4.78, 5) is 0. The van der Waals surface area contributed by atoms with Gasteiger partial charge in [-0.3, -0.25) is 0 Å². The second kappa shape index (κ2) is 6.72. The molecule has 0 spiro atoms. The van der Waals surface area contributed by atoms with Crippen LogP contribution in [0, 0.1) is 5.92 Å². The highest BCUT2D eigenvalue weighted by atomic mass is 16.5. The molecule has 0 N–H and O–H groups in total. The first-order valence-electron chi connectivity index (χ1n) is 6.38. The van der Waals surface area contributed by atoms with Crippen LogP contribution in [0.25, 0.3) is 0 Å². The van der Waals surface area contributed by atoms with Crippen LogP contribution in [0.5, 0.6) is 0 Å². The van der Waals surface area contributed by atoms with Crippen LogP contribution in [0.15, 0.2) is 0 Å². The standard InChI is InChI=1S/C14H30O3/c1-11(9-17-13(3,4)5)12(2)16-10-14(6,7)15-8/h11-12H,9-10H2,1-8H3. The molecule has 0 aliphatic rings. The smallest absolute Gasteiger partial charge is 0.0855 e. The van der Waals surface area contributed by atoms with Gasteiger partial charge < -0.3 is 14.2 Å². The van der Waals surface area contributed by atoms with E-state index in [0.29, 0.717) is 12.5 Å². The van der Waals surface area contributed by atoms with Gasteiger partial charge in [-0.25, -0.2) is 0 Å².